The maximum Gasteiger partial charge on any atom is 0.311 e. The molecule has 0 spiro atoms. The Hall–Kier alpha value is -1.48. The third-order valence-corrected chi connectivity index (χ3v) is 5.04. The molecule has 0 amide bonds. The average molecular weight is 473 g/mol. The molecular formula is C18H24IN3O2S. The molecule has 5 nitrogen and oxygen atoms in total. The second-order valence-corrected chi connectivity index (χ2v) is 6.77. The fourth-order valence-corrected chi connectivity index (χ4v) is 3.31. The fraction of sp³-hybridized carbons (Fsp3) is 0.389. The Kier molecular flexibility index (Phi) is 8.51. The summed E-state index contributed by atoms with van der Waals surface area (Å²) in [5, 5.41) is 1.00. The normalized spacial score (nSPS) is 10.6. The van der Waals surface area contributed by atoms with Gasteiger partial charge in [-0.15, -0.1) is 0 Å². The predicted molar refractivity (Wildman–Crippen MR) is 98.6 cm³/mol. The van der Waals surface area contributed by atoms with Crippen LogP contribution >= 0.6 is 11.3 Å². The van der Waals surface area contributed by atoms with Gasteiger partial charge in [0.25, 0.3) is 5.01 Å². The van der Waals surface area contributed by atoms with E-state index in [2.05, 4.69) is 14.5 Å². The highest BCUT2D eigenvalue weighted by Crippen LogP contribution is 2.20. The van der Waals surface area contributed by atoms with Crippen molar-refractivity contribution < 1.29 is 38.1 Å². The highest BCUT2D eigenvalue weighted by atomic mass is 127. The maximum absolute atomic E-state index is 11.7. The van der Waals surface area contributed by atoms with Crippen LogP contribution in [0.4, 0.5) is 11.4 Å². The van der Waals surface area contributed by atoms with Gasteiger partial charge in [-0.25, -0.2) is 4.99 Å². The number of anilines is 1. The van der Waals surface area contributed by atoms with Gasteiger partial charge in [-0.05, 0) is 31.2 Å². The number of ether oxygens (including phenoxy) is 1. The third kappa shape index (κ3) is 5.78. The lowest BCUT2D eigenvalue weighted by atomic mass is 10.3. The molecule has 0 saturated carbocycles. The summed E-state index contributed by atoms with van der Waals surface area (Å²) in [6.07, 6.45) is 2.15. The van der Waals surface area contributed by atoms with E-state index in [0.29, 0.717) is 13.0 Å². The molecule has 1 aromatic heterocycles. The molecule has 136 valence electrons. The van der Waals surface area contributed by atoms with Crippen LogP contribution < -0.4 is 33.4 Å². The van der Waals surface area contributed by atoms with Crippen LogP contribution in [-0.4, -0.2) is 32.9 Å². The van der Waals surface area contributed by atoms with E-state index in [0.717, 1.165) is 27.0 Å². The number of aromatic nitrogens is 1. The van der Waals surface area contributed by atoms with Crippen LogP contribution in [0.15, 0.2) is 29.3 Å². The molecule has 0 aliphatic rings. The fourth-order valence-electron chi connectivity index (χ4n) is 2.21. The van der Waals surface area contributed by atoms with E-state index in [4.69, 9.17) is 4.74 Å². The number of thiazole rings is 1. The first-order valence-electron chi connectivity index (χ1n) is 7.87. The van der Waals surface area contributed by atoms with E-state index in [1.807, 2.05) is 65.5 Å². The molecule has 0 aliphatic heterocycles. The molecule has 25 heavy (non-hydrogen) atoms. The van der Waals surface area contributed by atoms with Gasteiger partial charge in [0.1, 0.15) is 13.3 Å². The van der Waals surface area contributed by atoms with Crippen molar-refractivity contribution in [3.8, 4) is 0 Å². The highest BCUT2D eigenvalue weighted by molar-refractivity contribution is 7.13. The Labute approximate surface area is 170 Å². The van der Waals surface area contributed by atoms with Crippen LogP contribution in [0.1, 0.15) is 22.5 Å². The number of esters is 1. The zero-order valence-electron chi connectivity index (χ0n) is 15.2. The van der Waals surface area contributed by atoms with Crippen LogP contribution in [0.2, 0.25) is 0 Å². The molecule has 0 unspecified atom stereocenters. The number of rotatable bonds is 6. The zero-order valence-corrected chi connectivity index (χ0v) is 18.2. The standard InChI is InChI=1S/C18H24N3O2S.HI/c1-6-23-18(22)11-16-13(2)21(5)17(24-16)12-19-14-7-9-15(10-8-14)20(3)4;/h7-10,12H,6,11H2,1-5H3;1H/q+1;/p-1. The van der Waals surface area contributed by atoms with Crippen molar-refractivity contribution in [3.63, 3.8) is 0 Å². The number of halogens is 1. The lowest BCUT2D eigenvalue weighted by Gasteiger charge is -2.11. The molecule has 2 aromatic rings. The maximum atomic E-state index is 11.7. The van der Waals surface area contributed by atoms with Gasteiger partial charge in [0.15, 0.2) is 5.69 Å². The molecule has 1 aromatic carbocycles. The van der Waals surface area contributed by atoms with E-state index in [-0.39, 0.29) is 29.9 Å². The number of benzene rings is 1. The predicted octanol–water partition coefficient (Wildman–Crippen LogP) is -0.193. The van der Waals surface area contributed by atoms with Crippen LogP contribution in [0, 0.1) is 6.92 Å². The van der Waals surface area contributed by atoms with Crippen molar-refractivity contribution >= 4 is 34.9 Å². The Morgan fingerprint density at radius 1 is 1.32 bits per heavy atom. The van der Waals surface area contributed by atoms with E-state index < -0.39 is 0 Å². The Morgan fingerprint density at radius 2 is 1.96 bits per heavy atom. The van der Waals surface area contributed by atoms with E-state index >= 15 is 0 Å². The molecule has 0 saturated heterocycles. The third-order valence-electron chi connectivity index (χ3n) is 3.77. The summed E-state index contributed by atoms with van der Waals surface area (Å²) in [5.41, 5.74) is 3.11. The van der Waals surface area contributed by atoms with Gasteiger partial charge in [0.05, 0.1) is 23.6 Å². The van der Waals surface area contributed by atoms with Crippen molar-refractivity contribution in [1.29, 1.82) is 0 Å². The summed E-state index contributed by atoms with van der Waals surface area (Å²) < 4.78 is 7.08. The van der Waals surface area contributed by atoms with Crippen molar-refractivity contribution in [2.75, 3.05) is 25.6 Å². The summed E-state index contributed by atoms with van der Waals surface area (Å²) in [6.45, 7) is 4.24. The Bertz CT molecular complexity index is 740. The minimum absolute atomic E-state index is 0. The topological polar surface area (TPSA) is 45.8 Å². The number of nitrogens with zero attached hydrogens (tertiary/aromatic N) is 3. The summed E-state index contributed by atoms with van der Waals surface area (Å²) in [7, 11) is 6.01. The highest BCUT2D eigenvalue weighted by Gasteiger charge is 2.21. The molecule has 7 heteroatoms. The smallest absolute Gasteiger partial charge is 0.311 e. The molecule has 1 heterocycles. The first-order valence-corrected chi connectivity index (χ1v) is 8.69. The number of carbonyl (C=O) groups is 1. The Balaban J connectivity index is 0.00000312. The molecule has 0 atom stereocenters. The van der Waals surface area contributed by atoms with Crippen molar-refractivity contribution in [2.45, 2.75) is 20.3 Å². The zero-order chi connectivity index (χ0) is 17.7. The monoisotopic (exact) mass is 473 g/mol. The minimum Gasteiger partial charge on any atom is -1.00 e. The summed E-state index contributed by atoms with van der Waals surface area (Å²) in [5.74, 6) is -0.190. The van der Waals surface area contributed by atoms with Crippen molar-refractivity contribution in [3.05, 3.63) is 39.8 Å². The van der Waals surface area contributed by atoms with E-state index in [1.165, 1.54) is 0 Å². The van der Waals surface area contributed by atoms with E-state index in [9.17, 15) is 4.79 Å². The summed E-state index contributed by atoms with van der Waals surface area (Å²) in [4.78, 5) is 19.3. The van der Waals surface area contributed by atoms with Crippen LogP contribution in [-0.2, 0) is 23.0 Å². The number of hydrogen-bond donors (Lipinski definition) is 0. The van der Waals surface area contributed by atoms with Gasteiger partial charge in [0.2, 0.25) is 0 Å². The molecule has 0 aliphatic carbocycles. The largest absolute Gasteiger partial charge is 1.00 e. The van der Waals surface area contributed by atoms with Gasteiger partial charge >= 0.3 is 5.97 Å². The number of carbonyl (C=O) groups excluding carboxylic acids is 1. The van der Waals surface area contributed by atoms with Gasteiger partial charge < -0.3 is 33.6 Å². The Morgan fingerprint density at radius 3 is 2.52 bits per heavy atom. The van der Waals surface area contributed by atoms with Gasteiger partial charge in [0, 0.05) is 26.7 Å². The molecule has 2 rings (SSSR count). The van der Waals surface area contributed by atoms with E-state index in [1.54, 1.807) is 11.3 Å². The molecular weight excluding hydrogens is 449 g/mol. The number of hydrogen-bond acceptors (Lipinski definition) is 5. The van der Waals surface area contributed by atoms with Crippen LogP contribution in [0.25, 0.3) is 0 Å². The van der Waals surface area contributed by atoms with Crippen LogP contribution in [0.3, 0.4) is 0 Å². The SMILES string of the molecule is CCOC(=O)Cc1sc(C=Nc2ccc(N(C)C)cc2)[n+](C)c1C.[I-]. The second-order valence-electron chi connectivity index (χ2n) is 5.66. The van der Waals surface area contributed by atoms with Gasteiger partial charge in [-0.2, -0.15) is 4.57 Å². The summed E-state index contributed by atoms with van der Waals surface area (Å²) >= 11 is 1.57. The van der Waals surface area contributed by atoms with Gasteiger partial charge in [-0.3, -0.25) is 4.79 Å². The first-order chi connectivity index (χ1) is 11.4. The lowest BCUT2D eigenvalue weighted by Crippen LogP contribution is -3.00. The molecule has 0 N–H and O–H groups in total. The minimum atomic E-state index is -0.190. The second kappa shape index (κ2) is 9.86. The van der Waals surface area contributed by atoms with Crippen molar-refractivity contribution in [1.82, 2.24) is 0 Å². The number of aliphatic imine (C=N–C) groups is 1. The lowest BCUT2D eigenvalue weighted by molar-refractivity contribution is -0.673. The summed E-state index contributed by atoms with van der Waals surface area (Å²) in [6, 6.07) is 8.06. The average Bonchev–Trinajstić information content (AvgIpc) is 2.81. The van der Waals surface area contributed by atoms with Crippen LogP contribution in [0.5, 0.6) is 0 Å². The quantitative estimate of drug-likeness (QED) is 0.253. The molecule has 0 bridgehead atoms. The first kappa shape index (κ1) is 21.6. The van der Waals surface area contributed by atoms with Crippen molar-refractivity contribution in [2.24, 2.45) is 12.0 Å². The van der Waals surface area contributed by atoms with Gasteiger partial charge in [-0.1, -0.05) is 11.3 Å². The molecule has 0 fully saturated rings. The molecule has 0 radical (unpaired) electrons.